The molecule has 3 N–H and O–H groups in total. The number of para-hydroxylation sites is 2. The van der Waals surface area contributed by atoms with Crippen molar-refractivity contribution >= 4 is 68.1 Å². The van der Waals surface area contributed by atoms with Gasteiger partial charge < -0.3 is 35.2 Å². The topological polar surface area (TPSA) is 162 Å². The number of methoxy groups -OCH3 is 1. The molecule has 55 heavy (non-hydrogen) atoms. The number of aromatic nitrogens is 2. The summed E-state index contributed by atoms with van der Waals surface area (Å²) in [5, 5.41) is 9.36. The molecule has 2 aromatic carbocycles. The normalized spacial score (nSPS) is 16.3. The van der Waals surface area contributed by atoms with E-state index in [0.29, 0.717) is 47.6 Å². The highest BCUT2D eigenvalue weighted by molar-refractivity contribution is 7.92. The number of alkyl carbamates (subject to hydrolysis) is 1. The lowest BCUT2D eigenvalue weighted by Crippen LogP contribution is -2.55. The summed E-state index contributed by atoms with van der Waals surface area (Å²) in [7, 11) is -0.390. The van der Waals surface area contributed by atoms with Crippen molar-refractivity contribution in [3.8, 4) is 5.75 Å². The summed E-state index contributed by atoms with van der Waals surface area (Å²) in [5.41, 5.74) is 3.20. The predicted molar refractivity (Wildman–Crippen MR) is 218 cm³/mol. The molecule has 2 amide bonds. The molecule has 3 aromatic rings. The maximum atomic E-state index is 13.0. The van der Waals surface area contributed by atoms with E-state index >= 15 is 0 Å². The van der Waals surface area contributed by atoms with Gasteiger partial charge in [0.05, 0.1) is 36.6 Å². The Labute approximate surface area is 329 Å². The summed E-state index contributed by atoms with van der Waals surface area (Å²) in [6, 6.07) is 10.4. The number of sulfonamides is 1. The van der Waals surface area contributed by atoms with Crippen molar-refractivity contribution in [2.75, 3.05) is 86.1 Å². The zero-order chi connectivity index (χ0) is 40.1. The van der Waals surface area contributed by atoms with Gasteiger partial charge in [0, 0.05) is 64.6 Å². The lowest BCUT2D eigenvalue weighted by atomic mass is 9.95. The molecule has 17 heteroatoms. The number of nitrogens with zero attached hydrogens (tertiary/aromatic N) is 6. The highest BCUT2D eigenvalue weighted by atomic mass is 35.5. The zero-order valence-corrected chi connectivity index (χ0v) is 34.6. The van der Waals surface area contributed by atoms with Crippen LogP contribution in [-0.4, -0.2) is 118 Å². The third-order valence-corrected chi connectivity index (χ3v) is 11.2. The van der Waals surface area contributed by atoms with Crippen molar-refractivity contribution in [2.24, 2.45) is 5.92 Å². The van der Waals surface area contributed by atoms with E-state index in [1.54, 1.807) is 59.1 Å². The average Bonchev–Trinajstić information content (AvgIpc) is 3.12. The fourth-order valence-electron chi connectivity index (χ4n) is 6.77. The fourth-order valence-corrected chi connectivity index (χ4v) is 7.43. The summed E-state index contributed by atoms with van der Waals surface area (Å²) in [6.45, 7) is 14.8. The number of halogens is 1. The van der Waals surface area contributed by atoms with Crippen molar-refractivity contribution in [3.63, 3.8) is 0 Å². The van der Waals surface area contributed by atoms with E-state index in [2.05, 4.69) is 42.6 Å². The number of carbonyl (C=O) groups is 2. The van der Waals surface area contributed by atoms with Crippen LogP contribution in [0.5, 0.6) is 5.75 Å². The number of hydrogen-bond donors (Lipinski definition) is 3. The van der Waals surface area contributed by atoms with Gasteiger partial charge in [0.15, 0.2) is 5.82 Å². The first-order valence-corrected chi connectivity index (χ1v) is 20.7. The monoisotopic (exact) mass is 799 g/mol. The quantitative estimate of drug-likeness (QED) is 0.208. The first-order chi connectivity index (χ1) is 25.9. The van der Waals surface area contributed by atoms with E-state index in [9.17, 15) is 18.0 Å². The standard InChI is InChI=1S/C38H54ClN9O6S/c1-25-21-30(43-36-40-23-28(39)34(44-36)42-29-11-9-10-12-31(29)45(6)55(8,51)52)33(53-7)22-32(25)47-15-13-27(14-16-47)24-46-17-19-48(20-18-46)35(49)26(2)41-37(50)54-38(3,4)5/h9-12,21-23,26-27H,13-20,24H2,1-8H3,(H,41,50)(H2,40,42,43,44)/t26-/m0/s1. The molecule has 2 saturated heterocycles. The van der Waals surface area contributed by atoms with Gasteiger partial charge in [-0.05, 0) is 77.1 Å². The molecule has 2 aliphatic heterocycles. The van der Waals surface area contributed by atoms with E-state index in [4.69, 9.17) is 21.1 Å². The van der Waals surface area contributed by atoms with Gasteiger partial charge in [-0.1, -0.05) is 23.7 Å². The molecular weight excluding hydrogens is 746 g/mol. The average molecular weight is 800 g/mol. The van der Waals surface area contributed by atoms with Crippen molar-refractivity contribution in [1.29, 1.82) is 0 Å². The van der Waals surface area contributed by atoms with E-state index in [-0.39, 0.29) is 16.9 Å². The first kappa shape index (κ1) is 41.6. The van der Waals surface area contributed by atoms with Gasteiger partial charge in [-0.15, -0.1) is 0 Å². The fraction of sp³-hybridized carbons (Fsp3) is 0.526. The van der Waals surface area contributed by atoms with E-state index in [1.165, 1.54) is 17.5 Å². The van der Waals surface area contributed by atoms with Gasteiger partial charge in [-0.2, -0.15) is 4.98 Å². The second-order valence-corrected chi connectivity index (χ2v) is 17.6. The Balaban J connectivity index is 1.15. The third-order valence-electron chi connectivity index (χ3n) is 9.76. The van der Waals surface area contributed by atoms with Crippen LogP contribution in [0.2, 0.25) is 5.02 Å². The molecule has 300 valence electrons. The van der Waals surface area contributed by atoms with Crippen LogP contribution in [0.25, 0.3) is 0 Å². The summed E-state index contributed by atoms with van der Waals surface area (Å²) < 4.78 is 36.8. The van der Waals surface area contributed by atoms with Crippen LogP contribution >= 0.6 is 11.6 Å². The Kier molecular flexibility index (Phi) is 13.2. The molecule has 2 aliphatic rings. The zero-order valence-electron chi connectivity index (χ0n) is 33.0. The van der Waals surface area contributed by atoms with Crippen LogP contribution < -0.4 is 29.9 Å². The summed E-state index contributed by atoms with van der Waals surface area (Å²) in [5.74, 6) is 1.69. The number of ether oxygens (including phenoxy) is 2. The number of piperazine rings is 1. The van der Waals surface area contributed by atoms with Gasteiger partial charge in [0.1, 0.15) is 22.4 Å². The first-order valence-electron chi connectivity index (χ1n) is 18.5. The van der Waals surface area contributed by atoms with Crippen molar-refractivity contribution in [2.45, 2.75) is 59.1 Å². The lowest BCUT2D eigenvalue weighted by molar-refractivity contribution is -0.134. The van der Waals surface area contributed by atoms with Crippen LogP contribution in [-0.2, 0) is 19.6 Å². The van der Waals surface area contributed by atoms with Crippen molar-refractivity contribution in [3.05, 3.63) is 53.2 Å². The Bertz CT molecular complexity index is 1940. The SMILES string of the molecule is COc1cc(N2CCC(CN3CCN(C(=O)[C@H](C)NC(=O)OC(C)(C)C)CC3)CC2)c(C)cc1Nc1ncc(Cl)c(Nc2ccccc2N(C)S(C)(=O)=O)n1. The predicted octanol–water partition coefficient (Wildman–Crippen LogP) is 5.60. The van der Waals surface area contributed by atoms with Crippen LogP contribution in [0, 0.1) is 12.8 Å². The third kappa shape index (κ3) is 11.0. The van der Waals surface area contributed by atoms with Gasteiger partial charge in [0.2, 0.25) is 21.9 Å². The minimum atomic E-state index is -3.50. The van der Waals surface area contributed by atoms with Crippen LogP contribution in [0.15, 0.2) is 42.6 Å². The summed E-state index contributed by atoms with van der Waals surface area (Å²) in [6.07, 6.45) is 4.14. The molecule has 2 fully saturated rings. The van der Waals surface area contributed by atoms with Gasteiger partial charge in [-0.3, -0.25) is 14.0 Å². The second-order valence-electron chi connectivity index (χ2n) is 15.2. The van der Waals surface area contributed by atoms with Crippen LogP contribution in [0.1, 0.15) is 46.1 Å². The number of piperidine rings is 1. The Morgan fingerprint density at radius 3 is 2.35 bits per heavy atom. The number of hydrogen-bond acceptors (Lipinski definition) is 12. The van der Waals surface area contributed by atoms with Gasteiger partial charge >= 0.3 is 6.09 Å². The Morgan fingerprint density at radius 1 is 1.04 bits per heavy atom. The largest absolute Gasteiger partial charge is 0.494 e. The van der Waals surface area contributed by atoms with Gasteiger partial charge in [0.25, 0.3) is 0 Å². The highest BCUT2D eigenvalue weighted by Crippen LogP contribution is 2.37. The highest BCUT2D eigenvalue weighted by Gasteiger charge is 2.30. The molecular formula is C38H54ClN9O6S. The Morgan fingerprint density at radius 2 is 1.71 bits per heavy atom. The molecule has 0 aliphatic carbocycles. The van der Waals surface area contributed by atoms with E-state index in [0.717, 1.165) is 63.1 Å². The number of aryl methyl sites for hydroxylation is 1. The molecule has 1 atom stereocenters. The molecule has 0 spiro atoms. The molecule has 3 heterocycles. The number of benzene rings is 2. The smallest absolute Gasteiger partial charge is 0.408 e. The van der Waals surface area contributed by atoms with Crippen molar-refractivity contribution < 1.29 is 27.5 Å². The van der Waals surface area contributed by atoms with Crippen LogP contribution in [0.4, 0.5) is 39.3 Å². The van der Waals surface area contributed by atoms with E-state index < -0.39 is 27.8 Å². The summed E-state index contributed by atoms with van der Waals surface area (Å²) >= 11 is 6.47. The number of amides is 2. The van der Waals surface area contributed by atoms with Crippen molar-refractivity contribution in [1.82, 2.24) is 25.1 Å². The molecule has 1 aromatic heterocycles. The minimum absolute atomic E-state index is 0.0911. The molecule has 0 radical (unpaired) electrons. The number of anilines is 6. The van der Waals surface area contributed by atoms with Crippen LogP contribution in [0.3, 0.4) is 0 Å². The molecule has 0 unspecified atom stereocenters. The molecule has 0 bridgehead atoms. The molecule has 15 nitrogen and oxygen atoms in total. The summed E-state index contributed by atoms with van der Waals surface area (Å²) in [4.78, 5) is 40.8. The van der Waals surface area contributed by atoms with Gasteiger partial charge in [-0.25, -0.2) is 18.2 Å². The molecule has 5 rings (SSSR count). The Hall–Kier alpha value is -4.54. The maximum absolute atomic E-state index is 13.0. The molecule has 0 saturated carbocycles. The minimum Gasteiger partial charge on any atom is -0.494 e. The van der Waals surface area contributed by atoms with E-state index in [1.807, 2.05) is 17.0 Å². The number of carbonyl (C=O) groups excluding carboxylic acids is 2. The lowest BCUT2D eigenvalue weighted by Gasteiger charge is -2.40. The number of nitrogens with one attached hydrogen (secondary N) is 3. The number of rotatable bonds is 12. The maximum Gasteiger partial charge on any atom is 0.408 e. The second kappa shape index (κ2) is 17.5.